The standard InChI is InChI=1S/C16H20N4.Pt/c1-15(2,19-11-13-7-5-9-17-13)16(3,4)20-12-14-8-6-10-18-14;/h5-12H,1-4H3;/q-2;+2. The zero-order valence-corrected chi connectivity index (χ0v) is 15.0. The van der Waals surface area contributed by atoms with Crippen molar-refractivity contribution in [3.05, 3.63) is 48.0 Å². The van der Waals surface area contributed by atoms with E-state index in [1.54, 1.807) is 24.8 Å². The topological polar surface area (TPSA) is 52.9 Å². The first-order valence-electron chi connectivity index (χ1n) is 6.67. The molecule has 0 amide bonds. The van der Waals surface area contributed by atoms with Crippen molar-refractivity contribution >= 4 is 12.4 Å². The molecule has 2 aromatic rings. The Hall–Kier alpha value is -1.41. The van der Waals surface area contributed by atoms with Crippen molar-refractivity contribution in [1.29, 1.82) is 0 Å². The maximum atomic E-state index is 4.65. The molecular formula is C16H20N4Pt. The quantitative estimate of drug-likeness (QED) is 0.641. The summed E-state index contributed by atoms with van der Waals surface area (Å²) in [5.41, 5.74) is 1.07. The zero-order chi connectivity index (χ0) is 14.6. The molecule has 5 heteroatoms. The molecular weight excluding hydrogens is 443 g/mol. The van der Waals surface area contributed by atoms with E-state index in [0.29, 0.717) is 0 Å². The third-order valence-electron chi connectivity index (χ3n) is 3.69. The fraction of sp³-hybridized carbons (Fsp3) is 0.375. The number of hydrogen-bond donors (Lipinski definition) is 0. The fourth-order valence-electron chi connectivity index (χ4n) is 1.55. The molecule has 0 aromatic carbocycles. The molecule has 114 valence electrons. The molecule has 4 nitrogen and oxygen atoms in total. The van der Waals surface area contributed by atoms with Crippen molar-refractivity contribution in [2.75, 3.05) is 0 Å². The predicted molar refractivity (Wildman–Crippen MR) is 82.9 cm³/mol. The van der Waals surface area contributed by atoms with Crippen LogP contribution in [0, 0.1) is 0 Å². The fourth-order valence-corrected chi connectivity index (χ4v) is 1.55. The second-order valence-corrected chi connectivity index (χ2v) is 5.76. The summed E-state index contributed by atoms with van der Waals surface area (Å²) in [5, 5.41) is 0. The molecule has 0 aliphatic carbocycles. The van der Waals surface area contributed by atoms with Gasteiger partial charge in [-0.05, 0) is 27.7 Å². The van der Waals surface area contributed by atoms with Crippen molar-refractivity contribution < 1.29 is 21.1 Å². The van der Waals surface area contributed by atoms with Crippen molar-refractivity contribution in [2.45, 2.75) is 38.8 Å². The summed E-state index contributed by atoms with van der Waals surface area (Å²) in [7, 11) is 0. The molecule has 0 N–H and O–H groups in total. The molecule has 0 radical (unpaired) electrons. The first-order valence-corrected chi connectivity index (χ1v) is 6.67. The number of aliphatic imine (C=N–C) groups is 2. The molecule has 0 saturated heterocycles. The van der Waals surface area contributed by atoms with Gasteiger partial charge in [0.05, 0.1) is 11.1 Å². The van der Waals surface area contributed by atoms with Crippen LogP contribution in [0.15, 0.2) is 46.6 Å². The van der Waals surface area contributed by atoms with E-state index in [4.69, 9.17) is 0 Å². The van der Waals surface area contributed by atoms with Crippen molar-refractivity contribution in [2.24, 2.45) is 9.98 Å². The van der Waals surface area contributed by atoms with Gasteiger partial charge in [0, 0.05) is 12.4 Å². The molecule has 0 atom stereocenters. The minimum Gasteiger partial charge on any atom is -0.663 e. The van der Waals surface area contributed by atoms with Crippen LogP contribution in [0.4, 0.5) is 0 Å². The third-order valence-corrected chi connectivity index (χ3v) is 3.69. The Morgan fingerprint density at radius 1 is 0.810 bits per heavy atom. The summed E-state index contributed by atoms with van der Waals surface area (Å²) in [6.45, 7) is 8.29. The van der Waals surface area contributed by atoms with Crippen LogP contribution in [0.1, 0.15) is 39.1 Å². The maximum absolute atomic E-state index is 4.65. The van der Waals surface area contributed by atoms with Crippen LogP contribution in [0.3, 0.4) is 0 Å². The Morgan fingerprint density at radius 3 is 1.48 bits per heavy atom. The molecule has 0 fully saturated rings. The van der Waals surface area contributed by atoms with Gasteiger partial charge in [-0.3, -0.25) is 9.98 Å². The van der Waals surface area contributed by atoms with Gasteiger partial charge < -0.3 is 9.97 Å². The van der Waals surface area contributed by atoms with Crippen LogP contribution in [-0.2, 0) is 21.1 Å². The maximum Gasteiger partial charge on any atom is 2.00 e. The van der Waals surface area contributed by atoms with Crippen molar-refractivity contribution in [3.8, 4) is 0 Å². The smallest absolute Gasteiger partial charge is 0.663 e. The molecule has 0 unspecified atom stereocenters. The third kappa shape index (κ3) is 4.53. The SMILES string of the molecule is CC(C)(N=Cc1ccc[n-]1)C(C)(C)N=Cc1ccc[n-]1.[Pt+2]. The minimum atomic E-state index is -0.338. The Bertz CT molecular complexity index is 524. The van der Waals surface area contributed by atoms with E-state index in [1.807, 2.05) is 24.3 Å². The molecule has 0 spiro atoms. The number of hydrogen-bond acceptors (Lipinski definition) is 2. The molecule has 0 aliphatic rings. The van der Waals surface area contributed by atoms with Crippen molar-refractivity contribution in [1.82, 2.24) is 9.97 Å². The monoisotopic (exact) mass is 463 g/mol. The van der Waals surface area contributed by atoms with E-state index < -0.39 is 0 Å². The summed E-state index contributed by atoms with van der Waals surface area (Å²) < 4.78 is 0. The molecule has 0 aliphatic heterocycles. The van der Waals surface area contributed by atoms with Crippen molar-refractivity contribution in [3.63, 3.8) is 0 Å². The minimum absolute atomic E-state index is 0. The Morgan fingerprint density at radius 2 is 1.19 bits per heavy atom. The molecule has 2 aromatic heterocycles. The van der Waals surface area contributed by atoms with Gasteiger partial charge in [0.2, 0.25) is 0 Å². The molecule has 2 rings (SSSR count). The van der Waals surface area contributed by atoms with E-state index in [2.05, 4.69) is 47.6 Å². The van der Waals surface area contributed by atoms with Crippen LogP contribution >= 0.6 is 0 Å². The summed E-state index contributed by atoms with van der Waals surface area (Å²) in [5.74, 6) is 0. The van der Waals surface area contributed by atoms with Gasteiger partial charge in [0.25, 0.3) is 0 Å². The van der Waals surface area contributed by atoms with Crippen LogP contribution in [0.5, 0.6) is 0 Å². The number of nitrogens with zero attached hydrogens (tertiary/aromatic N) is 4. The van der Waals surface area contributed by atoms with Gasteiger partial charge in [-0.2, -0.15) is 12.4 Å². The summed E-state index contributed by atoms with van der Waals surface area (Å²) in [6, 6.07) is 7.67. The zero-order valence-electron chi connectivity index (χ0n) is 12.7. The van der Waals surface area contributed by atoms with E-state index in [-0.39, 0.29) is 32.1 Å². The van der Waals surface area contributed by atoms with Crippen LogP contribution in [0.2, 0.25) is 0 Å². The van der Waals surface area contributed by atoms with E-state index in [9.17, 15) is 0 Å². The largest absolute Gasteiger partial charge is 2.00 e. The average molecular weight is 463 g/mol. The molecule has 2 heterocycles. The average Bonchev–Trinajstić information content (AvgIpc) is 3.07. The summed E-state index contributed by atoms with van der Waals surface area (Å²) >= 11 is 0. The summed E-state index contributed by atoms with van der Waals surface area (Å²) in [6.07, 6.45) is 7.13. The van der Waals surface area contributed by atoms with Gasteiger partial charge >= 0.3 is 21.1 Å². The summed E-state index contributed by atoms with van der Waals surface area (Å²) in [4.78, 5) is 17.7. The molecule has 0 saturated carbocycles. The Labute approximate surface area is 140 Å². The molecule has 0 bridgehead atoms. The van der Waals surface area contributed by atoms with Crippen LogP contribution < -0.4 is 9.97 Å². The van der Waals surface area contributed by atoms with Gasteiger partial charge in [0.1, 0.15) is 0 Å². The number of aromatic nitrogens is 2. The predicted octanol–water partition coefficient (Wildman–Crippen LogP) is 2.69. The molecule has 21 heavy (non-hydrogen) atoms. The second kappa shape index (κ2) is 7.04. The van der Waals surface area contributed by atoms with Gasteiger partial charge in [-0.25, -0.2) is 0 Å². The van der Waals surface area contributed by atoms with Gasteiger partial charge in [-0.1, -0.05) is 24.3 Å². The van der Waals surface area contributed by atoms with E-state index >= 15 is 0 Å². The van der Waals surface area contributed by atoms with Gasteiger partial charge in [-0.15, -0.1) is 11.4 Å². The Balaban J connectivity index is 0.00000220. The first kappa shape index (κ1) is 17.6. The Kier molecular flexibility index (Phi) is 5.91. The number of rotatable bonds is 5. The van der Waals surface area contributed by atoms with Gasteiger partial charge in [0.15, 0.2) is 0 Å². The van der Waals surface area contributed by atoms with E-state index in [1.165, 1.54) is 0 Å². The second-order valence-electron chi connectivity index (χ2n) is 5.76. The van der Waals surface area contributed by atoms with E-state index in [0.717, 1.165) is 11.4 Å². The van der Waals surface area contributed by atoms with Crippen LogP contribution in [0.25, 0.3) is 0 Å². The van der Waals surface area contributed by atoms with Crippen LogP contribution in [-0.4, -0.2) is 23.5 Å². The normalized spacial score (nSPS) is 13.0. The first-order chi connectivity index (χ1) is 9.41.